The normalized spacial score (nSPS) is 10.7. The number of hydrogen-bond acceptors (Lipinski definition) is 3. The van der Waals surface area contributed by atoms with Gasteiger partial charge in [-0.1, -0.05) is 19.4 Å². The highest BCUT2D eigenvalue weighted by Gasteiger charge is 2.18. The smallest absolute Gasteiger partial charge is 0.339 e. The lowest BCUT2D eigenvalue weighted by atomic mass is 10.1. The van der Waals surface area contributed by atoms with Crippen LogP contribution in [-0.4, -0.2) is 26.0 Å². The van der Waals surface area contributed by atoms with Gasteiger partial charge in [0.15, 0.2) is 0 Å². The molecule has 0 aliphatic rings. The van der Waals surface area contributed by atoms with Crippen LogP contribution in [0, 0.1) is 6.92 Å². The molecule has 2 rings (SSSR count). The summed E-state index contributed by atoms with van der Waals surface area (Å²) in [4.78, 5) is 11.3. The van der Waals surface area contributed by atoms with Crippen molar-refractivity contribution in [1.82, 2.24) is 9.78 Å². The Morgan fingerprint density at radius 3 is 2.75 bits per heavy atom. The Kier molecular flexibility index (Phi) is 4.08. The van der Waals surface area contributed by atoms with Crippen molar-refractivity contribution in [3.8, 4) is 11.4 Å². The molecule has 0 spiro atoms. The maximum absolute atomic E-state index is 11.3. The minimum absolute atomic E-state index is 0.0998. The molecule has 0 aliphatic heterocycles. The number of rotatable bonds is 5. The number of carboxylic acid groups (broad SMARTS) is 1. The first-order chi connectivity index (χ1) is 9.54. The van der Waals surface area contributed by atoms with E-state index in [1.54, 1.807) is 12.1 Å². The average Bonchev–Trinajstić information content (AvgIpc) is 2.80. The zero-order chi connectivity index (χ0) is 14.7. The molecule has 0 aliphatic carbocycles. The van der Waals surface area contributed by atoms with E-state index in [0.717, 1.165) is 18.4 Å². The molecule has 0 unspecified atom stereocenters. The zero-order valence-corrected chi connectivity index (χ0v) is 11.6. The first-order valence-electron chi connectivity index (χ1n) is 6.64. The van der Waals surface area contributed by atoms with Gasteiger partial charge in [0.2, 0.25) is 0 Å². The van der Waals surface area contributed by atoms with Gasteiger partial charge < -0.3 is 10.2 Å². The van der Waals surface area contributed by atoms with Gasteiger partial charge in [-0.25, -0.2) is 9.48 Å². The molecular weight excluding hydrogens is 256 g/mol. The van der Waals surface area contributed by atoms with Gasteiger partial charge in [0.1, 0.15) is 17.0 Å². The molecule has 0 amide bonds. The van der Waals surface area contributed by atoms with Crippen molar-refractivity contribution in [2.75, 3.05) is 0 Å². The SMILES string of the molecule is CCCCc1c(C(=O)O)cnn1-c1ccc(C)cc1O. The van der Waals surface area contributed by atoms with Crippen molar-refractivity contribution in [1.29, 1.82) is 0 Å². The number of aryl methyl sites for hydroxylation is 1. The number of nitrogens with zero attached hydrogens (tertiary/aromatic N) is 2. The molecule has 1 aromatic carbocycles. The maximum atomic E-state index is 11.3. The third-order valence-corrected chi connectivity index (χ3v) is 3.23. The summed E-state index contributed by atoms with van der Waals surface area (Å²) in [6.45, 7) is 3.93. The monoisotopic (exact) mass is 274 g/mol. The van der Waals surface area contributed by atoms with Crippen LogP contribution in [0.2, 0.25) is 0 Å². The number of benzene rings is 1. The molecular formula is C15H18N2O3. The second-order valence-corrected chi connectivity index (χ2v) is 4.82. The van der Waals surface area contributed by atoms with E-state index in [2.05, 4.69) is 5.10 Å². The molecule has 1 heterocycles. The molecule has 0 atom stereocenters. The van der Waals surface area contributed by atoms with Gasteiger partial charge >= 0.3 is 5.97 Å². The fourth-order valence-electron chi connectivity index (χ4n) is 2.16. The van der Waals surface area contributed by atoms with Crippen molar-refractivity contribution < 1.29 is 15.0 Å². The van der Waals surface area contributed by atoms with Gasteiger partial charge in [-0.05, 0) is 37.5 Å². The lowest BCUT2D eigenvalue weighted by Crippen LogP contribution is -2.07. The maximum Gasteiger partial charge on any atom is 0.339 e. The van der Waals surface area contributed by atoms with E-state index in [-0.39, 0.29) is 11.3 Å². The third-order valence-electron chi connectivity index (χ3n) is 3.23. The highest BCUT2D eigenvalue weighted by atomic mass is 16.4. The van der Waals surface area contributed by atoms with Gasteiger partial charge in [-0.3, -0.25) is 0 Å². The second kappa shape index (κ2) is 5.77. The van der Waals surface area contributed by atoms with Crippen LogP contribution in [0.25, 0.3) is 5.69 Å². The molecule has 106 valence electrons. The summed E-state index contributed by atoms with van der Waals surface area (Å²) in [5, 5.41) is 23.4. The molecule has 0 saturated carbocycles. The summed E-state index contributed by atoms with van der Waals surface area (Å²) in [5.41, 5.74) is 2.26. The highest BCUT2D eigenvalue weighted by Crippen LogP contribution is 2.25. The van der Waals surface area contributed by atoms with E-state index >= 15 is 0 Å². The second-order valence-electron chi connectivity index (χ2n) is 4.82. The van der Waals surface area contributed by atoms with Gasteiger partial charge in [-0.15, -0.1) is 0 Å². The number of phenols is 1. The van der Waals surface area contributed by atoms with Crippen LogP contribution in [0.1, 0.15) is 41.4 Å². The number of carbonyl (C=O) groups is 1. The molecule has 20 heavy (non-hydrogen) atoms. The average molecular weight is 274 g/mol. The predicted molar refractivity (Wildman–Crippen MR) is 75.5 cm³/mol. The Labute approximate surface area is 117 Å². The molecule has 0 fully saturated rings. The Morgan fingerprint density at radius 2 is 2.15 bits per heavy atom. The quantitative estimate of drug-likeness (QED) is 0.879. The lowest BCUT2D eigenvalue weighted by molar-refractivity contribution is 0.0695. The Hall–Kier alpha value is -2.30. The third kappa shape index (κ3) is 2.66. The summed E-state index contributed by atoms with van der Waals surface area (Å²) in [7, 11) is 0. The van der Waals surface area contributed by atoms with Crippen LogP contribution in [0.3, 0.4) is 0 Å². The van der Waals surface area contributed by atoms with Gasteiger partial charge in [0.25, 0.3) is 0 Å². The van der Waals surface area contributed by atoms with Crippen LogP contribution in [0.5, 0.6) is 5.75 Å². The Morgan fingerprint density at radius 1 is 1.40 bits per heavy atom. The fraction of sp³-hybridized carbons (Fsp3) is 0.333. The molecule has 1 aromatic heterocycles. The minimum Gasteiger partial charge on any atom is -0.506 e. The lowest BCUT2D eigenvalue weighted by Gasteiger charge is -2.10. The van der Waals surface area contributed by atoms with Crippen LogP contribution in [0.15, 0.2) is 24.4 Å². The number of hydrogen-bond donors (Lipinski definition) is 2. The number of unbranched alkanes of at least 4 members (excludes halogenated alkanes) is 1. The molecule has 2 aromatic rings. The van der Waals surface area contributed by atoms with Crippen molar-refractivity contribution >= 4 is 5.97 Å². The molecule has 0 radical (unpaired) electrons. The number of phenolic OH excluding ortho intramolecular Hbond substituents is 1. The topological polar surface area (TPSA) is 75.3 Å². The summed E-state index contributed by atoms with van der Waals surface area (Å²) in [5.74, 6) is -0.892. The Bertz CT molecular complexity index is 632. The summed E-state index contributed by atoms with van der Waals surface area (Å²) in [6, 6.07) is 5.25. The minimum atomic E-state index is -0.992. The van der Waals surface area contributed by atoms with Crippen molar-refractivity contribution in [2.45, 2.75) is 33.1 Å². The molecule has 5 nitrogen and oxygen atoms in total. The molecule has 2 N–H and O–H groups in total. The summed E-state index contributed by atoms with van der Waals surface area (Å²) < 4.78 is 1.52. The van der Waals surface area contributed by atoms with Crippen molar-refractivity contribution in [3.63, 3.8) is 0 Å². The van der Waals surface area contributed by atoms with E-state index in [0.29, 0.717) is 17.8 Å². The predicted octanol–water partition coefficient (Wildman–Crippen LogP) is 2.93. The van der Waals surface area contributed by atoms with Crippen LogP contribution >= 0.6 is 0 Å². The van der Waals surface area contributed by atoms with E-state index in [9.17, 15) is 15.0 Å². The number of carboxylic acids is 1. The number of aromatic hydroxyl groups is 1. The van der Waals surface area contributed by atoms with Crippen molar-refractivity contribution in [2.24, 2.45) is 0 Å². The molecule has 5 heteroatoms. The fourth-order valence-corrected chi connectivity index (χ4v) is 2.16. The summed E-state index contributed by atoms with van der Waals surface area (Å²) in [6.07, 6.45) is 3.79. The van der Waals surface area contributed by atoms with Crippen LogP contribution < -0.4 is 0 Å². The molecule has 0 bridgehead atoms. The van der Waals surface area contributed by atoms with Crippen molar-refractivity contribution in [3.05, 3.63) is 41.2 Å². The van der Waals surface area contributed by atoms with Crippen LogP contribution in [0.4, 0.5) is 0 Å². The van der Waals surface area contributed by atoms with Crippen LogP contribution in [-0.2, 0) is 6.42 Å². The first kappa shape index (κ1) is 14.1. The highest BCUT2D eigenvalue weighted by molar-refractivity contribution is 5.88. The molecule has 0 saturated heterocycles. The van der Waals surface area contributed by atoms with E-state index in [4.69, 9.17) is 0 Å². The Balaban J connectivity index is 2.52. The zero-order valence-electron chi connectivity index (χ0n) is 11.6. The standard InChI is InChI=1S/C15H18N2O3/c1-3-4-5-12-11(15(19)20)9-16-17(12)13-7-6-10(2)8-14(13)18/h6-9,18H,3-5H2,1-2H3,(H,19,20). The van der Waals surface area contributed by atoms with E-state index in [1.165, 1.54) is 10.9 Å². The largest absolute Gasteiger partial charge is 0.506 e. The van der Waals surface area contributed by atoms with E-state index < -0.39 is 5.97 Å². The van der Waals surface area contributed by atoms with Gasteiger partial charge in [0, 0.05) is 0 Å². The number of aromatic nitrogens is 2. The first-order valence-corrected chi connectivity index (χ1v) is 6.64. The van der Waals surface area contributed by atoms with E-state index in [1.807, 2.05) is 19.9 Å². The van der Waals surface area contributed by atoms with Gasteiger partial charge in [0.05, 0.1) is 11.9 Å². The summed E-state index contributed by atoms with van der Waals surface area (Å²) >= 11 is 0. The number of aromatic carboxylic acids is 1. The van der Waals surface area contributed by atoms with Gasteiger partial charge in [-0.2, -0.15) is 5.10 Å².